The number of carbonyl (C=O) groups is 1. The smallest absolute Gasteiger partial charge is 0.305 e. The number of carbonyl (C=O) groups excluding carboxylic acids is 1. The maximum Gasteiger partial charge on any atom is 0.305 e. The van der Waals surface area contributed by atoms with Crippen LogP contribution in [0.15, 0.2) is 16.9 Å². The zero-order chi connectivity index (χ0) is 15.6. The number of methoxy groups -OCH3 is 2. The van der Waals surface area contributed by atoms with Gasteiger partial charge in [0.2, 0.25) is 0 Å². The van der Waals surface area contributed by atoms with Gasteiger partial charge in [0.25, 0.3) is 5.91 Å². The molecular weight excluding hydrogens is 316 g/mol. The normalized spacial score (nSPS) is 10.3. The predicted octanol–water partition coefficient (Wildman–Crippen LogP) is 2.67. The molecule has 0 aliphatic heterocycles. The summed E-state index contributed by atoms with van der Waals surface area (Å²) >= 11 is 6.85. The van der Waals surface area contributed by atoms with E-state index in [2.05, 4.69) is 10.3 Å². The molecule has 6 nitrogen and oxygen atoms in total. The van der Waals surface area contributed by atoms with Gasteiger partial charge in [0.05, 0.1) is 24.9 Å². The van der Waals surface area contributed by atoms with Crippen LogP contribution in [0, 0.1) is 6.92 Å². The number of benzene rings is 1. The maximum atomic E-state index is 12.2. The highest BCUT2D eigenvalue weighted by Gasteiger charge is 2.17. The monoisotopic (exact) mass is 328 g/mol. The number of nitrogens with one attached hydrogen (secondary N) is 2. The Bertz CT molecular complexity index is 738. The first-order valence-electron chi connectivity index (χ1n) is 5.88. The van der Waals surface area contributed by atoms with E-state index in [0.717, 1.165) is 11.3 Å². The number of aryl methyl sites for hydroxylation is 1. The van der Waals surface area contributed by atoms with Crippen LogP contribution in [0.25, 0.3) is 0 Å². The average Bonchev–Trinajstić information content (AvgIpc) is 2.79. The van der Waals surface area contributed by atoms with Gasteiger partial charge in [-0.2, -0.15) is 0 Å². The summed E-state index contributed by atoms with van der Waals surface area (Å²) in [6, 6.07) is 3.10. The van der Waals surface area contributed by atoms with E-state index in [1.807, 2.05) is 0 Å². The largest absolute Gasteiger partial charge is 0.495 e. The number of halogens is 1. The average molecular weight is 329 g/mol. The van der Waals surface area contributed by atoms with Crippen LogP contribution in [0.5, 0.6) is 11.5 Å². The van der Waals surface area contributed by atoms with Crippen molar-refractivity contribution in [3.63, 3.8) is 0 Å². The first-order valence-corrected chi connectivity index (χ1v) is 7.08. The minimum Gasteiger partial charge on any atom is -0.495 e. The molecular formula is C13H13ClN2O4S. The van der Waals surface area contributed by atoms with Crippen LogP contribution in [0.2, 0.25) is 5.02 Å². The zero-order valence-electron chi connectivity index (χ0n) is 11.6. The lowest BCUT2D eigenvalue weighted by Crippen LogP contribution is -2.12. The number of thiazole rings is 1. The van der Waals surface area contributed by atoms with Crippen LogP contribution < -0.4 is 19.7 Å². The summed E-state index contributed by atoms with van der Waals surface area (Å²) in [5.74, 6) is 0.403. The molecule has 1 amide bonds. The Hall–Kier alpha value is -1.99. The Kier molecular flexibility index (Phi) is 4.54. The van der Waals surface area contributed by atoms with Gasteiger partial charge >= 0.3 is 4.87 Å². The first-order chi connectivity index (χ1) is 9.96. The fourth-order valence-electron chi connectivity index (χ4n) is 1.76. The summed E-state index contributed by atoms with van der Waals surface area (Å²) in [5, 5.41) is 3.05. The number of aromatic amines is 1. The van der Waals surface area contributed by atoms with Gasteiger partial charge in [-0.3, -0.25) is 9.59 Å². The molecule has 0 atom stereocenters. The van der Waals surface area contributed by atoms with E-state index >= 15 is 0 Å². The predicted molar refractivity (Wildman–Crippen MR) is 82.2 cm³/mol. The van der Waals surface area contributed by atoms with Crippen molar-refractivity contribution in [1.82, 2.24) is 4.98 Å². The fraction of sp³-hybridized carbons (Fsp3) is 0.231. The Morgan fingerprint density at radius 3 is 2.48 bits per heavy atom. The summed E-state index contributed by atoms with van der Waals surface area (Å²) in [6.07, 6.45) is 0. The van der Waals surface area contributed by atoms with Crippen LogP contribution >= 0.6 is 22.9 Å². The van der Waals surface area contributed by atoms with Crippen LogP contribution in [-0.4, -0.2) is 25.1 Å². The van der Waals surface area contributed by atoms with Gasteiger partial charge in [0.15, 0.2) is 0 Å². The maximum absolute atomic E-state index is 12.2. The van der Waals surface area contributed by atoms with Crippen molar-refractivity contribution in [2.45, 2.75) is 6.92 Å². The third-order valence-electron chi connectivity index (χ3n) is 2.75. The lowest BCUT2D eigenvalue weighted by atomic mass is 10.2. The quantitative estimate of drug-likeness (QED) is 0.904. The van der Waals surface area contributed by atoms with Gasteiger partial charge in [-0.15, -0.1) is 0 Å². The van der Waals surface area contributed by atoms with Gasteiger partial charge in [0, 0.05) is 17.8 Å². The molecule has 1 aromatic carbocycles. The highest BCUT2D eigenvalue weighted by Crippen LogP contribution is 2.36. The van der Waals surface area contributed by atoms with Gasteiger partial charge in [-0.25, -0.2) is 0 Å². The molecule has 0 bridgehead atoms. The minimum atomic E-state index is -0.404. The van der Waals surface area contributed by atoms with E-state index in [1.165, 1.54) is 14.2 Å². The SMILES string of the molecule is COc1cc(NC(=O)c2sc(=O)[nH]c2C)c(OC)cc1Cl. The minimum absolute atomic E-state index is 0.279. The van der Waals surface area contributed by atoms with Crippen LogP contribution in [0.3, 0.4) is 0 Å². The van der Waals surface area contributed by atoms with E-state index in [-0.39, 0.29) is 4.87 Å². The number of rotatable bonds is 4. The number of H-pyrrole nitrogens is 1. The number of hydrogen-bond donors (Lipinski definition) is 2. The zero-order valence-corrected chi connectivity index (χ0v) is 13.1. The molecule has 0 aliphatic rings. The van der Waals surface area contributed by atoms with Crippen molar-refractivity contribution in [2.75, 3.05) is 19.5 Å². The summed E-state index contributed by atoms with van der Waals surface area (Å²) in [5.41, 5.74) is 0.923. The molecule has 2 N–H and O–H groups in total. The molecule has 0 radical (unpaired) electrons. The molecule has 21 heavy (non-hydrogen) atoms. The number of anilines is 1. The van der Waals surface area contributed by atoms with Crippen molar-refractivity contribution >= 4 is 34.5 Å². The second kappa shape index (κ2) is 6.19. The summed E-state index contributed by atoms with van der Waals surface area (Å²) < 4.78 is 10.3. The van der Waals surface area contributed by atoms with E-state index in [4.69, 9.17) is 21.1 Å². The second-order valence-corrected chi connectivity index (χ2v) is 5.50. The van der Waals surface area contributed by atoms with Crippen LogP contribution in [0.1, 0.15) is 15.4 Å². The molecule has 0 unspecified atom stereocenters. The van der Waals surface area contributed by atoms with E-state index in [0.29, 0.717) is 32.8 Å². The van der Waals surface area contributed by atoms with E-state index in [9.17, 15) is 9.59 Å². The molecule has 0 saturated carbocycles. The Balaban J connectivity index is 2.36. The highest BCUT2D eigenvalue weighted by molar-refractivity contribution is 7.11. The molecule has 2 rings (SSSR count). The molecule has 2 aromatic rings. The van der Waals surface area contributed by atoms with Gasteiger partial charge in [-0.1, -0.05) is 22.9 Å². The Morgan fingerprint density at radius 1 is 1.29 bits per heavy atom. The second-order valence-electron chi connectivity index (χ2n) is 4.11. The van der Waals surface area contributed by atoms with E-state index < -0.39 is 5.91 Å². The Labute approximate surface area is 129 Å². The molecule has 0 saturated heterocycles. The molecule has 112 valence electrons. The lowest BCUT2D eigenvalue weighted by molar-refractivity contribution is 0.102. The van der Waals surface area contributed by atoms with Crippen LogP contribution in [-0.2, 0) is 0 Å². The van der Waals surface area contributed by atoms with Gasteiger partial charge in [0.1, 0.15) is 16.4 Å². The van der Waals surface area contributed by atoms with Gasteiger partial charge < -0.3 is 19.8 Å². The molecule has 0 aliphatic carbocycles. The number of aromatic nitrogens is 1. The summed E-state index contributed by atoms with van der Waals surface area (Å²) in [7, 11) is 2.94. The standard InChI is InChI=1S/C13H13ClN2O4S/c1-6-11(21-13(18)15-6)12(17)16-8-5-9(19-2)7(14)4-10(8)20-3/h4-5H,1-3H3,(H,15,18)(H,16,17). The first kappa shape index (κ1) is 15.4. The van der Waals surface area contributed by atoms with Crippen molar-refractivity contribution in [2.24, 2.45) is 0 Å². The molecule has 0 fully saturated rings. The highest BCUT2D eigenvalue weighted by atomic mass is 35.5. The van der Waals surface area contributed by atoms with Crippen molar-refractivity contribution in [3.8, 4) is 11.5 Å². The molecule has 1 aromatic heterocycles. The number of amides is 1. The van der Waals surface area contributed by atoms with Gasteiger partial charge in [-0.05, 0) is 6.92 Å². The number of hydrogen-bond acceptors (Lipinski definition) is 5. The summed E-state index contributed by atoms with van der Waals surface area (Å²) in [4.78, 5) is 26.1. The third kappa shape index (κ3) is 3.20. The lowest BCUT2D eigenvalue weighted by Gasteiger charge is -2.12. The molecule has 1 heterocycles. The van der Waals surface area contributed by atoms with Crippen molar-refractivity contribution in [1.29, 1.82) is 0 Å². The van der Waals surface area contributed by atoms with Crippen molar-refractivity contribution in [3.05, 3.63) is 37.4 Å². The topological polar surface area (TPSA) is 80.4 Å². The number of ether oxygens (including phenoxy) is 2. The summed E-state index contributed by atoms with van der Waals surface area (Å²) in [6.45, 7) is 1.66. The molecule has 0 spiro atoms. The van der Waals surface area contributed by atoms with Crippen LogP contribution in [0.4, 0.5) is 5.69 Å². The molecule has 8 heteroatoms. The Morgan fingerprint density at radius 2 is 1.95 bits per heavy atom. The van der Waals surface area contributed by atoms with E-state index in [1.54, 1.807) is 19.1 Å². The third-order valence-corrected chi connectivity index (χ3v) is 4.03. The fourth-order valence-corrected chi connectivity index (χ4v) is 2.73. The van der Waals surface area contributed by atoms with Crippen molar-refractivity contribution < 1.29 is 14.3 Å².